The fourth-order valence-electron chi connectivity index (χ4n) is 3.36. The number of fused-ring (bicyclic) bond motifs is 5. The third kappa shape index (κ3) is 2.26. The van der Waals surface area contributed by atoms with Crippen LogP contribution in [0.25, 0.3) is 27.3 Å². The number of aromatic nitrogens is 5. The van der Waals surface area contributed by atoms with Gasteiger partial charge in [-0.15, -0.1) is 16.4 Å². The molecule has 1 aliphatic heterocycles. The molecule has 0 aliphatic carbocycles. The van der Waals surface area contributed by atoms with Crippen LogP contribution < -0.4 is 0 Å². The van der Waals surface area contributed by atoms with Gasteiger partial charge in [-0.25, -0.2) is 9.97 Å². The third-order valence-electron chi connectivity index (χ3n) is 4.59. The van der Waals surface area contributed by atoms with Gasteiger partial charge in [0.25, 0.3) is 0 Å². The molecule has 6 nitrogen and oxygen atoms in total. The molecule has 0 bridgehead atoms. The highest BCUT2D eigenvalue weighted by Gasteiger charge is 2.31. The first-order chi connectivity index (χ1) is 12.0. The molecule has 0 saturated carbocycles. The highest BCUT2D eigenvalue weighted by atomic mass is 32.1. The predicted octanol–water partition coefficient (Wildman–Crippen LogP) is 3.56. The van der Waals surface area contributed by atoms with Crippen LogP contribution in [0.4, 0.5) is 0 Å². The largest absolute Gasteiger partial charge is 0.370 e. The van der Waals surface area contributed by atoms with Crippen molar-refractivity contribution in [3.63, 3.8) is 0 Å². The Labute approximate surface area is 148 Å². The zero-order valence-corrected chi connectivity index (χ0v) is 15.1. The standard InChI is InChI=1S/C18H17N5OS/c1-10-20-17-14(12-7-18(2,3)24-9-13(12)25-17)16-21-15(22-23(10)16)11-5-4-6-19-8-11/h4-6,8H,7,9H2,1-3H3. The first-order valence-corrected chi connectivity index (χ1v) is 9.05. The summed E-state index contributed by atoms with van der Waals surface area (Å²) in [5.41, 5.74) is 2.91. The van der Waals surface area contributed by atoms with Gasteiger partial charge < -0.3 is 4.74 Å². The summed E-state index contributed by atoms with van der Waals surface area (Å²) in [5.74, 6) is 1.51. The second kappa shape index (κ2) is 5.06. The molecule has 1 aliphatic rings. The van der Waals surface area contributed by atoms with Gasteiger partial charge >= 0.3 is 0 Å². The van der Waals surface area contributed by atoms with Crippen LogP contribution >= 0.6 is 11.3 Å². The van der Waals surface area contributed by atoms with Gasteiger partial charge in [0.1, 0.15) is 10.7 Å². The first-order valence-electron chi connectivity index (χ1n) is 8.24. The highest BCUT2D eigenvalue weighted by molar-refractivity contribution is 7.19. The Morgan fingerprint density at radius 2 is 2.16 bits per heavy atom. The van der Waals surface area contributed by atoms with E-state index in [1.54, 1.807) is 23.7 Å². The molecule has 0 amide bonds. The third-order valence-corrected chi connectivity index (χ3v) is 5.69. The van der Waals surface area contributed by atoms with Gasteiger partial charge in [-0.3, -0.25) is 4.98 Å². The molecule has 0 radical (unpaired) electrons. The molecular weight excluding hydrogens is 334 g/mol. The fraction of sp³-hybridized carbons (Fsp3) is 0.333. The van der Waals surface area contributed by atoms with Crippen molar-refractivity contribution in [2.75, 3.05) is 0 Å². The molecule has 0 aromatic carbocycles. The molecule has 0 atom stereocenters. The van der Waals surface area contributed by atoms with E-state index in [2.05, 4.69) is 23.9 Å². The lowest BCUT2D eigenvalue weighted by atomic mass is 9.94. The van der Waals surface area contributed by atoms with E-state index in [0.717, 1.165) is 33.7 Å². The quantitative estimate of drug-likeness (QED) is 0.525. The molecule has 25 heavy (non-hydrogen) atoms. The molecule has 7 heteroatoms. The van der Waals surface area contributed by atoms with E-state index in [1.807, 2.05) is 23.6 Å². The molecule has 0 unspecified atom stereocenters. The molecule has 5 rings (SSSR count). The summed E-state index contributed by atoms with van der Waals surface area (Å²) in [6.07, 6.45) is 4.40. The van der Waals surface area contributed by atoms with Gasteiger partial charge in [-0.1, -0.05) is 0 Å². The van der Waals surface area contributed by atoms with Crippen molar-refractivity contribution in [3.8, 4) is 11.4 Å². The topological polar surface area (TPSA) is 65.2 Å². The minimum atomic E-state index is -0.172. The van der Waals surface area contributed by atoms with Crippen LogP contribution in [-0.4, -0.2) is 30.2 Å². The van der Waals surface area contributed by atoms with E-state index in [0.29, 0.717) is 12.4 Å². The van der Waals surface area contributed by atoms with E-state index in [-0.39, 0.29) is 5.60 Å². The average Bonchev–Trinajstić information content (AvgIpc) is 3.16. The lowest BCUT2D eigenvalue weighted by Gasteiger charge is -2.30. The van der Waals surface area contributed by atoms with Crippen LogP contribution in [0, 0.1) is 6.92 Å². The van der Waals surface area contributed by atoms with Crippen molar-refractivity contribution in [3.05, 3.63) is 40.8 Å². The smallest absolute Gasteiger partial charge is 0.183 e. The Bertz CT molecular complexity index is 1110. The Hall–Kier alpha value is -2.38. The Morgan fingerprint density at radius 3 is 2.96 bits per heavy atom. The molecule has 0 saturated heterocycles. The molecule has 0 N–H and O–H groups in total. The summed E-state index contributed by atoms with van der Waals surface area (Å²) in [4.78, 5) is 16.1. The molecule has 0 fully saturated rings. The summed E-state index contributed by atoms with van der Waals surface area (Å²) in [7, 11) is 0. The van der Waals surface area contributed by atoms with Crippen LogP contribution in [0.1, 0.15) is 30.1 Å². The second-order valence-corrected chi connectivity index (χ2v) is 8.06. The lowest BCUT2D eigenvalue weighted by Crippen LogP contribution is -2.31. The van der Waals surface area contributed by atoms with E-state index in [1.165, 1.54) is 10.4 Å². The SMILES string of the molecule is Cc1nc2sc3c(c2c2nc(-c4cccnc4)nn12)CC(C)(C)OC3. The number of ether oxygens (including phenoxy) is 1. The van der Waals surface area contributed by atoms with E-state index in [9.17, 15) is 0 Å². The zero-order chi connectivity index (χ0) is 17.2. The number of rotatable bonds is 1. The number of hydrogen-bond acceptors (Lipinski definition) is 6. The maximum atomic E-state index is 5.97. The van der Waals surface area contributed by atoms with E-state index >= 15 is 0 Å². The maximum absolute atomic E-state index is 5.97. The van der Waals surface area contributed by atoms with Crippen LogP contribution in [0.3, 0.4) is 0 Å². The number of nitrogens with zero attached hydrogens (tertiary/aromatic N) is 5. The number of pyridine rings is 1. The lowest BCUT2D eigenvalue weighted by molar-refractivity contribution is -0.0379. The van der Waals surface area contributed by atoms with Crippen molar-refractivity contribution in [1.82, 2.24) is 24.6 Å². The molecule has 126 valence electrons. The first kappa shape index (κ1) is 14.9. The zero-order valence-electron chi connectivity index (χ0n) is 14.3. The maximum Gasteiger partial charge on any atom is 0.183 e. The van der Waals surface area contributed by atoms with Crippen LogP contribution in [0.15, 0.2) is 24.5 Å². The predicted molar refractivity (Wildman–Crippen MR) is 96.7 cm³/mol. The van der Waals surface area contributed by atoms with Crippen molar-refractivity contribution < 1.29 is 4.74 Å². The minimum Gasteiger partial charge on any atom is -0.370 e. The van der Waals surface area contributed by atoms with Crippen molar-refractivity contribution in [2.24, 2.45) is 0 Å². The van der Waals surface area contributed by atoms with Gasteiger partial charge in [0.05, 0.1) is 17.6 Å². The van der Waals surface area contributed by atoms with E-state index in [4.69, 9.17) is 14.7 Å². The van der Waals surface area contributed by atoms with Crippen LogP contribution in [-0.2, 0) is 17.8 Å². The minimum absolute atomic E-state index is 0.172. The summed E-state index contributed by atoms with van der Waals surface area (Å²) in [6.45, 7) is 6.86. The Balaban J connectivity index is 1.82. The Kier molecular flexibility index (Phi) is 3.02. The van der Waals surface area contributed by atoms with Gasteiger partial charge in [-0.05, 0) is 38.5 Å². The summed E-state index contributed by atoms with van der Waals surface area (Å²) < 4.78 is 7.82. The molecule has 0 spiro atoms. The normalized spacial score (nSPS) is 16.4. The molecule has 5 heterocycles. The highest BCUT2D eigenvalue weighted by Crippen LogP contribution is 2.40. The molecular formula is C18H17N5OS. The van der Waals surface area contributed by atoms with Crippen molar-refractivity contribution in [2.45, 2.75) is 39.4 Å². The fourth-order valence-corrected chi connectivity index (χ4v) is 4.50. The number of thiophene rings is 1. The monoisotopic (exact) mass is 351 g/mol. The molecule has 4 aromatic rings. The number of aryl methyl sites for hydroxylation is 1. The van der Waals surface area contributed by atoms with Gasteiger partial charge in [0, 0.05) is 29.3 Å². The number of hydrogen-bond donors (Lipinski definition) is 0. The van der Waals surface area contributed by atoms with Crippen LogP contribution in [0.2, 0.25) is 0 Å². The van der Waals surface area contributed by atoms with Gasteiger partial charge in [0.2, 0.25) is 0 Å². The summed E-state index contributed by atoms with van der Waals surface area (Å²) in [6, 6.07) is 3.87. The van der Waals surface area contributed by atoms with E-state index < -0.39 is 0 Å². The van der Waals surface area contributed by atoms with Gasteiger partial charge in [-0.2, -0.15) is 4.52 Å². The average molecular weight is 351 g/mol. The summed E-state index contributed by atoms with van der Waals surface area (Å²) >= 11 is 1.70. The van der Waals surface area contributed by atoms with Crippen molar-refractivity contribution in [1.29, 1.82) is 0 Å². The van der Waals surface area contributed by atoms with Crippen molar-refractivity contribution >= 4 is 27.2 Å². The molecule has 4 aromatic heterocycles. The Morgan fingerprint density at radius 1 is 1.28 bits per heavy atom. The second-order valence-electron chi connectivity index (χ2n) is 6.98. The van der Waals surface area contributed by atoms with Crippen LogP contribution in [0.5, 0.6) is 0 Å². The summed E-state index contributed by atoms with van der Waals surface area (Å²) in [5, 5.41) is 5.79. The van der Waals surface area contributed by atoms with Gasteiger partial charge in [0.15, 0.2) is 11.5 Å².